The van der Waals surface area contributed by atoms with Crippen LogP contribution in [-0.2, 0) is 9.53 Å². The Kier molecular flexibility index (Phi) is 5.75. The summed E-state index contributed by atoms with van der Waals surface area (Å²) in [4.78, 5) is 32.9. The van der Waals surface area contributed by atoms with E-state index in [9.17, 15) is 4.79 Å². The molecular weight excluding hydrogens is 356 g/mol. The van der Waals surface area contributed by atoms with E-state index in [1.165, 1.54) is 19.3 Å². The van der Waals surface area contributed by atoms with Gasteiger partial charge in [0.1, 0.15) is 17.9 Å². The Morgan fingerprint density at radius 3 is 2.64 bits per heavy atom. The number of fused-ring (bicyclic) bond motifs is 1. The molecule has 28 heavy (non-hydrogen) atoms. The second kappa shape index (κ2) is 8.43. The number of methoxy groups -OCH3 is 1. The highest BCUT2D eigenvalue weighted by Gasteiger charge is 2.31. The number of imidazole rings is 1. The van der Waals surface area contributed by atoms with Crippen LogP contribution in [0.5, 0.6) is 0 Å². The summed E-state index contributed by atoms with van der Waals surface area (Å²) in [5.41, 5.74) is 1.66. The van der Waals surface area contributed by atoms with Crippen LogP contribution in [0.15, 0.2) is 12.7 Å². The molecule has 0 aliphatic carbocycles. The highest BCUT2D eigenvalue weighted by atomic mass is 16.5. The highest BCUT2D eigenvalue weighted by molar-refractivity contribution is 5.82. The molecule has 2 fully saturated rings. The van der Waals surface area contributed by atoms with Gasteiger partial charge in [0.05, 0.1) is 6.33 Å². The molecule has 0 aromatic carbocycles. The van der Waals surface area contributed by atoms with E-state index in [1.807, 2.05) is 11.8 Å². The first kappa shape index (κ1) is 19.1. The Bertz CT molecular complexity index is 801. The van der Waals surface area contributed by atoms with Gasteiger partial charge in [-0.1, -0.05) is 0 Å². The number of aromatic nitrogens is 4. The monoisotopic (exact) mass is 386 g/mol. The zero-order chi connectivity index (χ0) is 19.5. The average Bonchev–Trinajstić information content (AvgIpc) is 3.09. The van der Waals surface area contributed by atoms with Crippen LogP contribution in [0, 0.1) is 11.8 Å². The predicted molar refractivity (Wildman–Crippen MR) is 107 cm³/mol. The SMILES string of the molecule is COC(C)C(=O)N1CCC(C2CCCN(c3ncnc4nc[nH]c34)CC2)CC1. The predicted octanol–water partition coefficient (Wildman–Crippen LogP) is 2.23. The summed E-state index contributed by atoms with van der Waals surface area (Å²) in [5, 5.41) is 0. The second-order valence-corrected chi connectivity index (χ2v) is 8.02. The third kappa shape index (κ3) is 3.83. The highest BCUT2D eigenvalue weighted by Crippen LogP contribution is 2.34. The second-order valence-electron chi connectivity index (χ2n) is 8.02. The van der Waals surface area contributed by atoms with Crippen molar-refractivity contribution in [2.24, 2.45) is 11.8 Å². The van der Waals surface area contributed by atoms with Crippen LogP contribution in [0.4, 0.5) is 5.82 Å². The number of hydrogen-bond acceptors (Lipinski definition) is 6. The molecule has 2 atom stereocenters. The van der Waals surface area contributed by atoms with Gasteiger partial charge in [0, 0.05) is 33.3 Å². The van der Waals surface area contributed by atoms with E-state index in [2.05, 4.69) is 24.8 Å². The third-order valence-corrected chi connectivity index (χ3v) is 6.49. The van der Waals surface area contributed by atoms with Crippen LogP contribution in [0.3, 0.4) is 0 Å². The Morgan fingerprint density at radius 1 is 1.11 bits per heavy atom. The first-order chi connectivity index (χ1) is 13.7. The molecule has 2 unspecified atom stereocenters. The summed E-state index contributed by atoms with van der Waals surface area (Å²) in [6, 6.07) is 0. The van der Waals surface area contributed by atoms with Gasteiger partial charge in [-0.3, -0.25) is 4.79 Å². The van der Waals surface area contributed by atoms with E-state index in [-0.39, 0.29) is 12.0 Å². The molecule has 2 saturated heterocycles. The normalized spacial score (nSPS) is 23.0. The molecule has 0 spiro atoms. The lowest BCUT2D eigenvalue weighted by molar-refractivity contribution is -0.142. The number of aromatic amines is 1. The maximum absolute atomic E-state index is 12.3. The van der Waals surface area contributed by atoms with Gasteiger partial charge in [-0.15, -0.1) is 0 Å². The molecule has 0 saturated carbocycles. The molecule has 8 heteroatoms. The topological polar surface area (TPSA) is 87.2 Å². The van der Waals surface area contributed by atoms with Crippen molar-refractivity contribution >= 4 is 22.9 Å². The largest absolute Gasteiger partial charge is 0.372 e. The number of carbonyl (C=O) groups is 1. The van der Waals surface area contributed by atoms with Gasteiger partial charge < -0.3 is 19.5 Å². The number of hydrogen-bond donors (Lipinski definition) is 1. The Labute approximate surface area is 165 Å². The van der Waals surface area contributed by atoms with Gasteiger partial charge in [-0.05, 0) is 50.9 Å². The summed E-state index contributed by atoms with van der Waals surface area (Å²) >= 11 is 0. The lowest BCUT2D eigenvalue weighted by atomic mass is 9.80. The number of nitrogens with zero attached hydrogens (tertiary/aromatic N) is 5. The van der Waals surface area contributed by atoms with E-state index in [0.717, 1.165) is 61.9 Å². The van der Waals surface area contributed by atoms with Crippen LogP contribution in [0.2, 0.25) is 0 Å². The van der Waals surface area contributed by atoms with Gasteiger partial charge >= 0.3 is 0 Å². The van der Waals surface area contributed by atoms with E-state index in [4.69, 9.17) is 4.74 Å². The molecule has 8 nitrogen and oxygen atoms in total. The van der Waals surface area contributed by atoms with Gasteiger partial charge in [-0.2, -0.15) is 0 Å². The number of piperidine rings is 1. The van der Waals surface area contributed by atoms with E-state index < -0.39 is 0 Å². The summed E-state index contributed by atoms with van der Waals surface area (Å²) in [5.74, 6) is 2.53. The molecule has 2 aliphatic heterocycles. The number of H-pyrrole nitrogens is 1. The molecule has 1 amide bonds. The van der Waals surface area contributed by atoms with E-state index in [0.29, 0.717) is 5.92 Å². The number of carbonyl (C=O) groups excluding carboxylic acids is 1. The van der Waals surface area contributed by atoms with Crippen LogP contribution in [0.1, 0.15) is 39.0 Å². The van der Waals surface area contributed by atoms with Gasteiger partial charge in [-0.25, -0.2) is 15.0 Å². The van der Waals surface area contributed by atoms with Crippen LogP contribution < -0.4 is 4.90 Å². The molecule has 152 valence electrons. The Morgan fingerprint density at radius 2 is 1.86 bits per heavy atom. The third-order valence-electron chi connectivity index (χ3n) is 6.49. The van der Waals surface area contributed by atoms with Crippen LogP contribution >= 0.6 is 0 Å². The van der Waals surface area contributed by atoms with Crippen molar-refractivity contribution in [2.75, 3.05) is 38.2 Å². The molecule has 1 N–H and O–H groups in total. The zero-order valence-electron chi connectivity index (χ0n) is 16.8. The van der Waals surface area contributed by atoms with Gasteiger partial charge in [0.25, 0.3) is 5.91 Å². The van der Waals surface area contributed by atoms with Crippen molar-refractivity contribution in [2.45, 2.75) is 45.1 Å². The fourth-order valence-electron chi connectivity index (χ4n) is 4.75. The number of anilines is 1. The fourth-order valence-corrected chi connectivity index (χ4v) is 4.75. The molecule has 0 bridgehead atoms. The maximum Gasteiger partial charge on any atom is 0.251 e. The average molecular weight is 387 g/mol. The van der Waals surface area contributed by atoms with Crippen molar-refractivity contribution in [3.8, 4) is 0 Å². The molecule has 4 rings (SSSR count). The quantitative estimate of drug-likeness (QED) is 0.867. The van der Waals surface area contributed by atoms with Crippen LogP contribution in [-0.4, -0.2) is 70.1 Å². The minimum Gasteiger partial charge on any atom is -0.372 e. The Balaban J connectivity index is 1.35. The van der Waals surface area contributed by atoms with Gasteiger partial charge in [0.15, 0.2) is 11.5 Å². The number of rotatable bonds is 4. The maximum atomic E-state index is 12.3. The Hall–Kier alpha value is -2.22. The lowest BCUT2D eigenvalue weighted by Crippen LogP contribution is -2.44. The lowest BCUT2D eigenvalue weighted by Gasteiger charge is -2.36. The van der Waals surface area contributed by atoms with Crippen molar-refractivity contribution in [3.63, 3.8) is 0 Å². The van der Waals surface area contributed by atoms with Crippen LogP contribution in [0.25, 0.3) is 11.2 Å². The molecule has 0 radical (unpaired) electrons. The van der Waals surface area contributed by atoms with Crippen molar-refractivity contribution < 1.29 is 9.53 Å². The van der Waals surface area contributed by atoms with Crippen molar-refractivity contribution in [1.29, 1.82) is 0 Å². The van der Waals surface area contributed by atoms with E-state index in [1.54, 1.807) is 19.8 Å². The number of ether oxygens (including phenoxy) is 1. The summed E-state index contributed by atoms with van der Waals surface area (Å²) in [7, 11) is 1.60. The summed E-state index contributed by atoms with van der Waals surface area (Å²) in [6.07, 6.45) is 8.75. The smallest absolute Gasteiger partial charge is 0.251 e. The molecule has 2 aliphatic rings. The molecule has 2 aromatic heterocycles. The van der Waals surface area contributed by atoms with Crippen molar-refractivity contribution in [1.82, 2.24) is 24.8 Å². The first-order valence-electron chi connectivity index (χ1n) is 10.4. The number of amides is 1. The zero-order valence-corrected chi connectivity index (χ0v) is 16.8. The first-order valence-corrected chi connectivity index (χ1v) is 10.4. The molecule has 2 aromatic rings. The number of likely N-dealkylation sites (tertiary alicyclic amines) is 1. The summed E-state index contributed by atoms with van der Waals surface area (Å²) < 4.78 is 5.19. The van der Waals surface area contributed by atoms with E-state index >= 15 is 0 Å². The molecule has 4 heterocycles. The fraction of sp³-hybridized carbons (Fsp3) is 0.700. The minimum atomic E-state index is -0.338. The standard InChI is InChI=1S/C20H30N6O2/c1-14(28-2)20(27)26-10-6-16(7-11-26)15-4-3-8-25(9-5-15)19-17-18(22-12-21-17)23-13-24-19/h12-16H,3-11H2,1-2H3,(H,21,22,23,24). The van der Waals surface area contributed by atoms with Crippen molar-refractivity contribution in [3.05, 3.63) is 12.7 Å². The van der Waals surface area contributed by atoms with Gasteiger partial charge in [0.2, 0.25) is 0 Å². The number of nitrogens with one attached hydrogen (secondary N) is 1. The summed E-state index contributed by atoms with van der Waals surface area (Å²) in [6.45, 7) is 5.58. The molecular formula is C20H30N6O2. The minimum absolute atomic E-state index is 0.125.